The van der Waals surface area contributed by atoms with Crippen molar-refractivity contribution in [2.45, 2.75) is 20.3 Å². The Kier molecular flexibility index (Phi) is 6.77. The van der Waals surface area contributed by atoms with Gasteiger partial charge in [0.05, 0.1) is 15.7 Å². The first-order chi connectivity index (χ1) is 12.3. The van der Waals surface area contributed by atoms with E-state index in [2.05, 4.69) is 5.32 Å². The van der Waals surface area contributed by atoms with Crippen LogP contribution in [0.15, 0.2) is 42.5 Å². The van der Waals surface area contributed by atoms with Crippen LogP contribution in [0.25, 0.3) is 0 Å². The summed E-state index contributed by atoms with van der Waals surface area (Å²) >= 11 is 12.0. The molecule has 7 heteroatoms. The Balaban J connectivity index is 2.04. The molecule has 26 heavy (non-hydrogen) atoms. The molecule has 0 spiro atoms. The lowest BCUT2D eigenvalue weighted by Crippen LogP contribution is -2.32. The highest BCUT2D eigenvalue weighted by atomic mass is 35.5. The number of ketones is 1. The average molecular weight is 393 g/mol. The third-order valence-corrected chi connectivity index (χ3v) is 4.57. The molecule has 0 aromatic heterocycles. The molecule has 0 aliphatic rings. The Morgan fingerprint density at radius 2 is 1.65 bits per heavy atom. The third-order valence-electron chi connectivity index (χ3n) is 3.75. The summed E-state index contributed by atoms with van der Waals surface area (Å²) in [6.07, 6.45) is 0.0802. The molecule has 2 rings (SSSR count). The molecule has 136 valence electrons. The van der Waals surface area contributed by atoms with Gasteiger partial charge in [0.25, 0.3) is 0 Å². The zero-order valence-corrected chi connectivity index (χ0v) is 15.9. The molecule has 2 amide bonds. The van der Waals surface area contributed by atoms with Crippen LogP contribution in [0.3, 0.4) is 0 Å². The van der Waals surface area contributed by atoms with Gasteiger partial charge in [0.1, 0.15) is 0 Å². The lowest BCUT2D eigenvalue weighted by molar-refractivity contribution is -0.117. The number of halogens is 2. The molecule has 1 N–H and O–H groups in total. The average Bonchev–Trinajstić information content (AvgIpc) is 2.59. The first kappa shape index (κ1) is 19.9. The summed E-state index contributed by atoms with van der Waals surface area (Å²) in [6, 6.07) is 11.6. The normalized spacial score (nSPS) is 10.3. The Labute approximate surface area is 161 Å². The van der Waals surface area contributed by atoms with Crippen LogP contribution in [0.1, 0.15) is 30.6 Å². The van der Waals surface area contributed by atoms with E-state index in [4.69, 9.17) is 23.2 Å². The number of carbonyl (C=O) groups is 3. The fourth-order valence-electron chi connectivity index (χ4n) is 2.37. The smallest absolute Gasteiger partial charge is 0.226 e. The highest BCUT2D eigenvalue weighted by Gasteiger charge is 2.15. The predicted octanol–water partition coefficient (Wildman–Crippen LogP) is 4.58. The van der Waals surface area contributed by atoms with Crippen molar-refractivity contribution in [3.63, 3.8) is 0 Å². The standard InChI is InChI=1S/C19H18Cl2N2O3/c1-12(24)14-6-8-15(9-7-14)23(13(2)25)11-10-18(26)22-17-5-3-4-16(20)19(17)21/h3-9H,10-11H2,1-2H3,(H,22,26). The van der Waals surface area contributed by atoms with Gasteiger partial charge in [0.15, 0.2) is 5.78 Å². The van der Waals surface area contributed by atoms with Crippen molar-refractivity contribution in [3.05, 3.63) is 58.1 Å². The number of nitrogens with zero attached hydrogens (tertiary/aromatic N) is 1. The number of nitrogens with one attached hydrogen (secondary N) is 1. The van der Waals surface area contributed by atoms with Gasteiger partial charge in [-0.25, -0.2) is 0 Å². The molecule has 0 saturated heterocycles. The summed E-state index contributed by atoms with van der Waals surface area (Å²) in [7, 11) is 0. The van der Waals surface area contributed by atoms with Crippen LogP contribution in [0.4, 0.5) is 11.4 Å². The van der Waals surface area contributed by atoms with Gasteiger partial charge in [-0.1, -0.05) is 29.3 Å². The van der Waals surface area contributed by atoms with E-state index >= 15 is 0 Å². The second-order valence-corrected chi connectivity index (χ2v) is 6.46. The third kappa shape index (κ3) is 5.07. The molecular weight excluding hydrogens is 375 g/mol. The minimum absolute atomic E-state index is 0.0521. The van der Waals surface area contributed by atoms with Crippen LogP contribution in [0.2, 0.25) is 10.0 Å². The maximum absolute atomic E-state index is 12.2. The quantitative estimate of drug-likeness (QED) is 0.731. The maximum Gasteiger partial charge on any atom is 0.226 e. The van der Waals surface area contributed by atoms with Crippen molar-refractivity contribution in [3.8, 4) is 0 Å². The number of benzene rings is 2. The van der Waals surface area contributed by atoms with Crippen molar-refractivity contribution in [2.75, 3.05) is 16.8 Å². The molecule has 0 bridgehead atoms. The topological polar surface area (TPSA) is 66.5 Å². The molecule has 5 nitrogen and oxygen atoms in total. The summed E-state index contributed by atoms with van der Waals surface area (Å²) in [5, 5.41) is 3.30. The number of hydrogen-bond donors (Lipinski definition) is 1. The summed E-state index contributed by atoms with van der Waals surface area (Å²) in [5.41, 5.74) is 1.60. The Morgan fingerprint density at radius 3 is 2.23 bits per heavy atom. The zero-order chi connectivity index (χ0) is 19.3. The van der Waals surface area contributed by atoms with Crippen LogP contribution in [-0.2, 0) is 9.59 Å². The van der Waals surface area contributed by atoms with Gasteiger partial charge < -0.3 is 10.2 Å². The van der Waals surface area contributed by atoms with E-state index in [1.54, 1.807) is 42.5 Å². The van der Waals surface area contributed by atoms with Crippen molar-refractivity contribution in [1.82, 2.24) is 0 Å². The Hall–Kier alpha value is -2.37. The minimum atomic E-state index is -0.291. The Bertz CT molecular complexity index is 835. The summed E-state index contributed by atoms with van der Waals surface area (Å²) < 4.78 is 0. The second-order valence-electron chi connectivity index (χ2n) is 5.67. The number of anilines is 2. The van der Waals surface area contributed by atoms with Gasteiger partial charge in [-0.15, -0.1) is 0 Å². The highest BCUT2D eigenvalue weighted by Crippen LogP contribution is 2.29. The maximum atomic E-state index is 12.2. The van der Waals surface area contributed by atoms with Crippen molar-refractivity contribution >= 4 is 52.2 Å². The molecule has 0 unspecified atom stereocenters. The van der Waals surface area contributed by atoms with Gasteiger partial charge in [0, 0.05) is 31.1 Å². The fraction of sp³-hybridized carbons (Fsp3) is 0.211. The van der Waals surface area contributed by atoms with Crippen molar-refractivity contribution in [1.29, 1.82) is 0 Å². The summed E-state index contributed by atoms with van der Waals surface area (Å²) in [6.45, 7) is 3.09. The van der Waals surface area contributed by atoms with E-state index in [1.165, 1.54) is 18.7 Å². The highest BCUT2D eigenvalue weighted by molar-refractivity contribution is 6.44. The minimum Gasteiger partial charge on any atom is -0.325 e. The molecule has 0 saturated carbocycles. The molecule has 0 aliphatic heterocycles. The van der Waals surface area contributed by atoms with E-state index in [0.29, 0.717) is 22.0 Å². The van der Waals surface area contributed by atoms with Crippen molar-refractivity contribution in [2.24, 2.45) is 0 Å². The monoisotopic (exact) mass is 392 g/mol. The van der Waals surface area contributed by atoms with Crippen LogP contribution in [-0.4, -0.2) is 24.1 Å². The van der Waals surface area contributed by atoms with Gasteiger partial charge in [-0.2, -0.15) is 0 Å². The molecule has 0 aliphatic carbocycles. The summed E-state index contributed by atoms with van der Waals surface area (Å²) in [5.74, 6) is -0.543. The number of Topliss-reactive ketones (excluding diaryl/α,β-unsaturated/α-hetero) is 1. The van der Waals surface area contributed by atoms with Crippen LogP contribution in [0.5, 0.6) is 0 Å². The molecular formula is C19H18Cl2N2O3. The second kappa shape index (κ2) is 8.83. The molecule has 2 aromatic carbocycles. The lowest BCUT2D eigenvalue weighted by atomic mass is 10.1. The lowest BCUT2D eigenvalue weighted by Gasteiger charge is -2.21. The molecule has 0 heterocycles. The van der Waals surface area contributed by atoms with Gasteiger partial charge >= 0.3 is 0 Å². The first-order valence-corrected chi connectivity index (χ1v) is 8.68. The predicted molar refractivity (Wildman–Crippen MR) is 104 cm³/mol. The van der Waals surface area contributed by atoms with E-state index in [0.717, 1.165) is 0 Å². The number of carbonyl (C=O) groups excluding carboxylic acids is 3. The Morgan fingerprint density at radius 1 is 1.00 bits per heavy atom. The van der Waals surface area contributed by atoms with E-state index in [9.17, 15) is 14.4 Å². The van der Waals surface area contributed by atoms with Gasteiger partial charge in [0.2, 0.25) is 11.8 Å². The first-order valence-electron chi connectivity index (χ1n) is 7.92. The number of rotatable bonds is 6. The number of amides is 2. The van der Waals surface area contributed by atoms with Gasteiger partial charge in [-0.3, -0.25) is 14.4 Å². The molecule has 2 aromatic rings. The zero-order valence-electron chi connectivity index (χ0n) is 14.4. The number of hydrogen-bond acceptors (Lipinski definition) is 3. The van der Waals surface area contributed by atoms with Crippen molar-refractivity contribution < 1.29 is 14.4 Å². The molecule has 0 radical (unpaired) electrons. The van der Waals surface area contributed by atoms with E-state index in [-0.39, 0.29) is 35.6 Å². The molecule has 0 fully saturated rings. The largest absolute Gasteiger partial charge is 0.325 e. The van der Waals surface area contributed by atoms with Crippen LogP contribution >= 0.6 is 23.2 Å². The van der Waals surface area contributed by atoms with E-state index < -0.39 is 0 Å². The van der Waals surface area contributed by atoms with E-state index in [1.807, 2.05) is 0 Å². The molecule has 0 atom stereocenters. The van der Waals surface area contributed by atoms with Crippen LogP contribution < -0.4 is 10.2 Å². The summed E-state index contributed by atoms with van der Waals surface area (Å²) in [4.78, 5) is 36.9. The SMILES string of the molecule is CC(=O)c1ccc(N(CCC(=O)Nc2cccc(Cl)c2Cl)C(C)=O)cc1. The van der Waals surface area contributed by atoms with Gasteiger partial charge in [-0.05, 0) is 43.3 Å². The van der Waals surface area contributed by atoms with Crippen LogP contribution in [0, 0.1) is 0 Å². The fourth-order valence-corrected chi connectivity index (χ4v) is 2.72.